The normalized spacial score (nSPS) is 19.6. The van der Waals surface area contributed by atoms with Crippen LogP contribution in [0.15, 0.2) is 41.4 Å². The highest BCUT2D eigenvalue weighted by molar-refractivity contribution is 7.89. The Bertz CT molecular complexity index is 2160. The van der Waals surface area contributed by atoms with Crippen LogP contribution in [0.5, 0.6) is 11.8 Å². The number of pyridine rings is 2. The molecule has 1 spiro atoms. The molecule has 7 rings (SSSR count). The highest BCUT2D eigenvalue weighted by Gasteiger charge is 2.46. The zero-order valence-corrected chi connectivity index (χ0v) is 33.0. The molecular weight excluding hydrogens is 709 g/mol. The second-order valence-electron chi connectivity index (χ2n) is 15.9. The van der Waals surface area contributed by atoms with Gasteiger partial charge in [0.1, 0.15) is 16.3 Å². The topological polar surface area (TPSA) is 157 Å². The summed E-state index contributed by atoms with van der Waals surface area (Å²) in [5.74, 6) is 0.238. The third kappa shape index (κ3) is 7.20. The molecule has 4 aromatic rings. The van der Waals surface area contributed by atoms with Crippen LogP contribution in [0.25, 0.3) is 5.65 Å². The Morgan fingerprint density at radius 2 is 1.81 bits per heavy atom. The Morgan fingerprint density at radius 1 is 1.07 bits per heavy atom. The number of benzene rings is 1. The molecule has 2 fully saturated rings. The van der Waals surface area contributed by atoms with Gasteiger partial charge in [0.15, 0.2) is 5.65 Å². The van der Waals surface area contributed by atoms with Gasteiger partial charge in [-0.15, -0.1) is 10.2 Å². The molecule has 3 aliphatic heterocycles. The Morgan fingerprint density at radius 3 is 2.54 bits per heavy atom. The van der Waals surface area contributed by atoms with Gasteiger partial charge >= 0.3 is 5.97 Å². The van der Waals surface area contributed by atoms with Crippen molar-refractivity contribution in [1.82, 2.24) is 29.2 Å². The summed E-state index contributed by atoms with van der Waals surface area (Å²) in [5, 5.41) is 22.6. The van der Waals surface area contributed by atoms with E-state index in [0.717, 1.165) is 66.0 Å². The number of nitrogens with zero attached hydrogens (tertiary/aromatic N) is 5. The lowest BCUT2D eigenvalue weighted by molar-refractivity contribution is -0.147. The van der Waals surface area contributed by atoms with E-state index >= 15 is 0 Å². The third-order valence-corrected chi connectivity index (χ3v) is 13.6. The van der Waals surface area contributed by atoms with Gasteiger partial charge in [0, 0.05) is 37.1 Å². The molecular formula is C40H52N6O7S. The molecule has 0 radical (unpaired) electrons. The lowest BCUT2D eigenvalue weighted by Crippen LogP contribution is -2.50. The van der Waals surface area contributed by atoms with E-state index < -0.39 is 32.9 Å². The average Bonchev–Trinajstić information content (AvgIpc) is 3.49. The summed E-state index contributed by atoms with van der Waals surface area (Å²) < 4.78 is 51.5. The molecule has 0 amide bonds. The fourth-order valence-electron chi connectivity index (χ4n) is 8.24. The van der Waals surface area contributed by atoms with E-state index in [1.165, 1.54) is 4.31 Å². The summed E-state index contributed by atoms with van der Waals surface area (Å²) in [7, 11) is -4.11. The number of carbonyl (C=O) groups is 1. The van der Waals surface area contributed by atoms with Gasteiger partial charge in [-0.05, 0) is 120 Å². The van der Waals surface area contributed by atoms with Crippen LogP contribution in [-0.2, 0) is 26.1 Å². The standard InChI is InChI=1S/C40H52N6O7S/c1-25-7-8-30(34(39(5,6)38(47)48)32-11-17-46-28(4)43-44-35(46)27(32)3)22-31(25)23-45-24-40(13-19-51-20-14-40)53-37-33(54(45,49)50)21-26(2)36(42-37)52-18-12-29-9-15-41-16-10-29/h7-8,11,17,21-22,29,34,41H,9-10,12-16,18-20,23-24H2,1-6H3,(H,47,48)/t34-/m1/s1. The number of aromatic nitrogens is 4. The number of sulfonamides is 1. The molecule has 6 heterocycles. The minimum absolute atomic E-state index is 0.0142. The predicted molar refractivity (Wildman–Crippen MR) is 203 cm³/mol. The molecule has 3 aliphatic rings. The maximum absolute atomic E-state index is 14.7. The maximum atomic E-state index is 14.7. The number of piperidine rings is 1. The van der Waals surface area contributed by atoms with Gasteiger partial charge in [0.25, 0.3) is 0 Å². The van der Waals surface area contributed by atoms with Crippen molar-refractivity contribution < 1.29 is 32.5 Å². The lowest BCUT2D eigenvalue weighted by Gasteiger charge is -2.38. The second kappa shape index (κ2) is 14.9. The molecule has 0 unspecified atom stereocenters. The molecule has 3 aromatic heterocycles. The molecule has 1 aromatic carbocycles. The van der Waals surface area contributed by atoms with Gasteiger partial charge in [-0.25, -0.2) is 8.42 Å². The van der Waals surface area contributed by atoms with E-state index in [0.29, 0.717) is 55.7 Å². The fourth-order valence-corrected chi connectivity index (χ4v) is 9.87. The molecule has 1 atom stereocenters. The molecule has 0 bridgehead atoms. The van der Waals surface area contributed by atoms with Gasteiger partial charge in [-0.2, -0.15) is 9.29 Å². The van der Waals surface area contributed by atoms with Crippen molar-refractivity contribution in [3.05, 3.63) is 75.7 Å². The molecule has 0 saturated carbocycles. The minimum Gasteiger partial charge on any atom is -0.481 e. The summed E-state index contributed by atoms with van der Waals surface area (Å²) >= 11 is 0. The van der Waals surface area contributed by atoms with Crippen molar-refractivity contribution in [2.75, 3.05) is 39.5 Å². The zero-order chi connectivity index (χ0) is 38.4. The van der Waals surface area contributed by atoms with Crippen LogP contribution in [0, 0.1) is 39.0 Å². The van der Waals surface area contributed by atoms with E-state index in [9.17, 15) is 18.3 Å². The molecule has 13 nitrogen and oxygen atoms in total. The number of aryl methyl sites for hydroxylation is 4. The van der Waals surface area contributed by atoms with Gasteiger partial charge in [-0.3, -0.25) is 9.20 Å². The van der Waals surface area contributed by atoms with E-state index in [4.69, 9.17) is 19.2 Å². The maximum Gasteiger partial charge on any atom is 0.310 e. The summed E-state index contributed by atoms with van der Waals surface area (Å²) in [4.78, 5) is 17.6. The largest absolute Gasteiger partial charge is 0.481 e. The fraction of sp³-hybridized carbons (Fsp3) is 0.550. The first-order valence-electron chi connectivity index (χ1n) is 19.0. The van der Waals surface area contributed by atoms with Gasteiger partial charge < -0.3 is 24.6 Å². The quantitative estimate of drug-likeness (QED) is 0.210. The van der Waals surface area contributed by atoms with Crippen LogP contribution in [0.4, 0.5) is 0 Å². The highest BCUT2D eigenvalue weighted by atomic mass is 32.2. The number of nitrogens with one attached hydrogen (secondary N) is 1. The summed E-state index contributed by atoms with van der Waals surface area (Å²) in [6.07, 6.45) is 6.00. The van der Waals surface area contributed by atoms with Gasteiger partial charge in [-0.1, -0.05) is 18.2 Å². The van der Waals surface area contributed by atoms with Gasteiger partial charge in [0.05, 0.1) is 31.8 Å². The number of carboxylic acid groups (broad SMARTS) is 1. The van der Waals surface area contributed by atoms with Crippen LogP contribution in [0.2, 0.25) is 0 Å². The van der Waals surface area contributed by atoms with Crippen molar-refractivity contribution in [3.63, 3.8) is 0 Å². The van der Waals surface area contributed by atoms with Gasteiger partial charge in [0.2, 0.25) is 21.8 Å². The minimum atomic E-state index is -4.11. The first-order valence-corrected chi connectivity index (χ1v) is 20.4. The van der Waals surface area contributed by atoms with Crippen LogP contribution in [0.1, 0.15) is 91.1 Å². The van der Waals surface area contributed by atoms with Crippen molar-refractivity contribution >= 4 is 21.6 Å². The van der Waals surface area contributed by atoms with Crippen LogP contribution < -0.4 is 14.8 Å². The number of rotatable bonds is 10. The first-order chi connectivity index (χ1) is 25.7. The first kappa shape index (κ1) is 38.2. The molecule has 14 heteroatoms. The number of carboxylic acids is 1. The average molecular weight is 761 g/mol. The van der Waals surface area contributed by atoms with E-state index in [2.05, 4.69) is 15.5 Å². The lowest BCUT2D eigenvalue weighted by atomic mass is 9.70. The monoisotopic (exact) mass is 760 g/mol. The van der Waals surface area contributed by atoms with E-state index in [1.54, 1.807) is 19.9 Å². The predicted octanol–water partition coefficient (Wildman–Crippen LogP) is 5.50. The summed E-state index contributed by atoms with van der Waals surface area (Å²) in [6.45, 7) is 14.6. The van der Waals surface area contributed by atoms with Crippen molar-refractivity contribution in [3.8, 4) is 11.8 Å². The number of aliphatic carboxylic acids is 1. The van der Waals surface area contributed by atoms with Crippen LogP contribution in [0.3, 0.4) is 0 Å². The molecule has 290 valence electrons. The van der Waals surface area contributed by atoms with Crippen LogP contribution in [-0.4, -0.2) is 88.4 Å². The van der Waals surface area contributed by atoms with Crippen LogP contribution >= 0.6 is 0 Å². The Balaban J connectivity index is 1.25. The number of fused-ring (bicyclic) bond motifs is 2. The summed E-state index contributed by atoms with van der Waals surface area (Å²) in [6, 6.07) is 9.43. The van der Waals surface area contributed by atoms with E-state index in [-0.39, 0.29) is 23.9 Å². The zero-order valence-electron chi connectivity index (χ0n) is 32.1. The van der Waals surface area contributed by atoms with Crippen molar-refractivity contribution in [2.45, 2.75) is 96.6 Å². The Labute approximate surface area is 317 Å². The number of ether oxygens (including phenoxy) is 3. The SMILES string of the molecule is Cc1ccc([C@H](c2ccn3c(C)nnc3c2C)C(C)(C)C(=O)O)cc1CN1CC2(CCOCC2)Oc2nc(OCCC3CCNCC3)c(C)cc2S1(=O)=O. The van der Waals surface area contributed by atoms with Crippen molar-refractivity contribution in [1.29, 1.82) is 0 Å². The number of hydrogen-bond acceptors (Lipinski definition) is 10. The molecule has 0 aliphatic carbocycles. The Kier molecular flexibility index (Phi) is 10.5. The smallest absolute Gasteiger partial charge is 0.310 e. The third-order valence-electron chi connectivity index (χ3n) is 11.8. The molecule has 54 heavy (non-hydrogen) atoms. The molecule has 2 saturated heterocycles. The van der Waals surface area contributed by atoms with Crippen molar-refractivity contribution in [2.24, 2.45) is 11.3 Å². The highest BCUT2D eigenvalue weighted by Crippen LogP contribution is 2.45. The number of hydrogen-bond donors (Lipinski definition) is 2. The Hall–Kier alpha value is -4.11. The van der Waals surface area contributed by atoms with E-state index in [1.807, 2.05) is 62.6 Å². The summed E-state index contributed by atoms with van der Waals surface area (Å²) in [5.41, 5.74) is 3.29. The molecule has 2 N–H and O–H groups in total. The second-order valence-corrected chi connectivity index (χ2v) is 17.8.